The molecule has 0 radical (unpaired) electrons. The lowest BCUT2D eigenvalue weighted by Crippen LogP contribution is -2.63. The first-order chi connectivity index (χ1) is 12.7. The van der Waals surface area contributed by atoms with E-state index in [9.17, 15) is 9.90 Å². The Balaban J connectivity index is 1.44. The number of amides is 1. The number of aliphatic hydroxyl groups is 1. The second kappa shape index (κ2) is 6.40. The Hall–Kier alpha value is -1.75. The van der Waals surface area contributed by atoms with Gasteiger partial charge in [0.25, 0.3) is 5.91 Å². The third kappa shape index (κ3) is 3.54. The summed E-state index contributed by atoms with van der Waals surface area (Å²) in [6, 6.07) is 7.97. The number of nitrogens with zero attached hydrogens (tertiary/aromatic N) is 1. The third-order valence-electron chi connectivity index (χ3n) is 6.79. The van der Waals surface area contributed by atoms with Gasteiger partial charge in [-0.2, -0.15) is 0 Å². The van der Waals surface area contributed by atoms with Crippen molar-refractivity contribution in [2.75, 3.05) is 19.0 Å². The van der Waals surface area contributed by atoms with Crippen LogP contribution >= 0.6 is 0 Å². The van der Waals surface area contributed by atoms with E-state index in [0.29, 0.717) is 23.5 Å². The van der Waals surface area contributed by atoms with Crippen molar-refractivity contribution in [3.63, 3.8) is 0 Å². The zero-order valence-electron chi connectivity index (χ0n) is 16.9. The van der Waals surface area contributed by atoms with E-state index in [1.807, 2.05) is 57.1 Å². The molecule has 4 saturated carbocycles. The molecule has 1 unspecified atom stereocenters. The topological polar surface area (TPSA) is 61.8 Å². The van der Waals surface area contributed by atoms with Gasteiger partial charge in [0.2, 0.25) is 0 Å². The van der Waals surface area contributed by atoms with Crippen LogP contribution in [0.15, 0.2) is 24.3 Å². The molecular formula is C22H32N2O3. The lowest BCUT2D eigenvalue weighted by molar-refractivity contribution is -0.152. The van der Waals surface area contributed by atoms with Gasteiger partial charge in [0.1, 0.15) is 5.75 Å². The normalized spacial score (nSPS) is 34.4. The number of carbonyl (C=O) groups is 1. The number of anilines is 1. The Morgan fingerprint density at radius 1 is 1.22 bits per heavy atom. The summed E-state index contributed by atoms with van der Waals surface area (Å²) in [6.45, 7) is 3.66. The van der Waals surface area contributed by atoms with Crippen molar-refractivity contribution in [2.24, 2.45) is 17.8 Å². The molecule has 1 amide bonds. The number of hydrogen-bond acceptors (Lipinski definition) is 4. The van der Waals surface area contributed by atoms with Crippen LogP contribution in [0.3, 0.4) is 0 Å². The molecule has 1 aromatic rings. The first-order valence-corrected chi connectivity index (χ1v) is 10.1. The van der Waals surface area contributed by atoms with Crippen molar-refractivity contribution in [3.8, 4) is 5.75 Å². The molecule has 27 heavy (non-hydrogen) atoms. The summed E-state index contributed by atoms with van der Waals surface area (Å²) in [5.74, 6) is 2.07. The first kappa shape index (κ1) is 18.6. The standard InChI is InChI=1S/C22H32N2O3/c1-21(2,27-18-7-5-6-17(10-18)24(3)4)20(25)23-19-15-8-14-9-16(19)13-22(26,11-14)12-15/h5-7,10,14-16,19,26H,8-9,11-13H2,1-4H3,(H,23,25)/t14?,15-,16+,19+,22+. The quantitative estimate of drug-likeness (QED) is 0.834. The average molecular weight is 373 g/mol. The molecule has 5 heteroatoms. The fourth-order valence-corrected chi connectivity index (χ4v) is 5.71. The smallest absolute Gasteiger partial charge is 0.263 e. The van der Waals surface area contributed by atoms with Gasteiger partial charge in [-0.05, 0) is 75.8 Å². The number of benzene rings is 1. The maximum absolute atomic E-state index is 13.1. The predicted octanol–water partition coefficient (Wildman–Crippen LogP) is 2.97. The Kier molecular flexibility index (Phi) is 4.41. The van der Waals surface area contributed by atoms with Crippen molar-refractivity contribution in [1.29, 1.82) is 0 Å². The van der Waals surface area contributed by atoms with Crippen LogP contribution in [0.5, 0.6) is 5.75 Å². The van der Waals surface area contributed by atoms with E-state index in [-0.39, 0.29) is 11.9 Å². The monoisotopic (exact) mass is 372 g/mol. The van der Waals surface area contributed by atoms with Crippen LogP contribution < -0.4 is 15.0 Å². The molecule has 148 valence electrons. The van der Waals surface area contributed by atoms with E-state index in [4.69, 9.17) is 4.74 Å². The molecule has 0 saturated heterocycles. The Labute approximate surface area is 162 Å². The van der Waals surface area contributed by atoms with E-state index in [0.717, 1.165) is 37.8 Å². The molecule has 4 fully saturated rings. The zero-order valence-corrected chi connectivity index (χ0v) is 16.9. The molecule has 5 nitrogen and oxygen atoms in total. The minimum atomic E-state index is -0.948. The molecule has 1 aromatic carbocycles. The minimum Gasteiger partial charge on any atom is -0.478 e. The van der Waals surface area contributed by atoms with Crippen molar-refractivity contribution in [3.05, 3.63) is 24.3 Å². The van der Waals surface area contributed by atoms with Gasteiger partial charge < -0.3 is 20.1 Å². The zero-order chi connectivity index (χ0) is 19.4. The molecular weight excluding hydrogens is 340 g/mol. The highest BCUT2D eigenvalue weighted by molar-refractivity contribution is 5.85. The fourth-order valence-electron chi connectivity index (χ4n) is 5.71. The van der Waals surface area contributed by atoms with E-state index >= 15 is 0 Å². The van der Waals surface area contributed by atoms with Crippen LogP contribution in [0.4, 0.5) is 5.69 Å². The van der Waals surface area contributed by atoms with Gasteiger partial charge in [-0.15, -0.1) is 0 Å². The highest BCUT2D eigenvalue weighted by Crippen LogP contribution is 2.55. The molecule has 4 aliphatic carbocycles. The summed E-state index contributed by atoms with van der Waals surface area (Å²) in [5.41, 5.74) is -0.384. The maximum Gasteiger partial charge on any atom is 0.263 e. The van der Waals surface area contributed by atoms with Crippen LogP contribution in [0.2, 0.25) is 0 Å². The van der Waals surface area contributed by atoms with Crippen LogP contribution in [-0.2, 0) is 4.79 Å². The summed E-state index contributed by atoms with van der Waals surface area (Å²) in [7, 11) is 3.97. The van der Waals surface area contributed by atoms with Gasteiger partial charge in [0, 0.05) is 31.9 Å². The lowest BCUT2D eigenvalue weighted by Gasteiger charge is -2.58. The molecule has 4 bridgehead atoms. The number of hydrogen-bond donors (Lipinski definition) is 2. The van der Waals surface area contributed by atoms with E-state index in [2.05, 4.69) is 5.32 Å². The molecule has 5 rings (SSSR count). The molecule has 4 aliphatic rings. The summed E-state index contributed by atoms with van der Waals surface area (Å²) < 4.78 is 6.08. The Morgan fingerprint density at radius 2 is 1.89 bits per heavy atom. The van der Waals surface area contributed by atoms with Gasteiger partial charge in [0.05, 0.1) is 5.60 Å². The average Bonchev–Trinajstić information content (AvgIpc) is 2.56. The van der Waals surface area contributed by atoms with E-state index in [1.165, 1.54) is 0 Å². The van der Waals surface area contributed by atoms with Crippen LogP contribution in [0.25, 0.3) is 0 Å². The SMILES string of the molecule is CN(C)c1cccc(OC(C)(C)C(=O)N[C@H]2[C@@H]3CC4C[C@H]2C[C@](O)(C4)C3)c1. The van der Waals surface area contributed by atoms with Crippen LogP contribution in [0, 0.1) is 17.8 Å². The number of ether oxygens (including phenoxy) is 1. The van der Waals surface area contributed by atoms with Crippen molar-refractivity contribution >= 4 is 11.6 Å². The van der Waals surface area contributed by atoms with Crippen molar-refractivity contribution in [1.82, 2.24) is 5.32 Å². The lowest BCUT2D eigenvalue weighted by atomic mass is 9.52. The molecule has 0 aliphatic heterocycles. The molecule has 0 aromatic heterocycles. The Bertz CT molecular complexity index is 714. The van der Waals surface area contributed by atoms with E-state index < -0.39 is 11.2 Å². The summed E-state index contributed by atoms with van der Waals surface area (Å²) in [4.78, 5) is 15.1. The number of rotatable bonds is 5. The summed E-state index contributed by atoms with van der Waals surface area (Å²) in [6.07, 6.45) is 4.89. The van der Waals surface area contributed by atoms with Crippen LogP contribution in [-0.4, -0.2) is 42.4 Å². The van der Waals surface area contributed by atoms with Gasteiger partial charge in [-0.1, -0.05) is 6.07 Å². The second-order valence-corrected chi connectivity index (χ2v) is 9.70. The van der Waals surface area contributed by atoms with Gasteiger partial charge in [-0.3, -0.25) is 4.79 Å². The maximum atomic E-state index is 13.1. The summed E-state index contributed by atoms with van der Waals surface area (Å²) in [5, 5.41) is 14.0. The predicted molar refractivity (Wildman–Crippen MR) is 106 cm³/mol. The largest absolute Gasteiger partial charge is 0.478 e. The number of nitrogens with one attached hydrogen (secondary N) is 1. The molecule has 5 atom stereocenters. The van der Waals surface area contributed by atoms with Crippen molar-refractivity contribution < 1.29 is 14.6 Å². The molecule has 0 heterocycles. The third-order valence-corrected chi connectivity index (χ3v) is 6.79. The molecule has 0 spiro atoms. The molecule has 2 N–H and O–H groups in total. The highest BCUT2D eigenvalue weighted by Gasteiger charge is 2.55. The van der Waals surface area contributed by atoms with Gasteiger partial charge in [-0.25, -0.2) is 0 Å². The Morgan fingerprint density at radius 3 is 2.48 bits per heavy atom. The van der Waals surface area contributed by atoms with Crippen LogP contribution in [0.1, 0.15) is 46.0 Å². The minimum absolute atomic E-state index is 0.0674. The highest BCUT2D eigenvalue weighted by atomic mass is 16.5. The fraction of sp³-hybridized carbons (Fsp3) is 0.682. The van der Waals surface area contributed by atoms with Gasteiger partial charge in [0.15, 0.2) is 5.60 Å². The van der Waals surface area contributed by atoms with Crippen molar-refractivity contribution in [2.45, 2.75) is 63.2 Å². The first-order valence-electron chi connectivity index (χ1n) is 10.1. The number of carbonyl (C=O) groups excluding carboxylic acids is 1. The van der Waals surface area contributed by atoms with Gasteiger partial charge >= 0.3 is 0 Å². The van der Waals surface area contributed by atoms with E-state index in [1.54, 1.807) is 0 Å². The second-order valence-electron chi connectivity index (χ2n) is 9.70. The summed E-state index contributed by atoms with van der Waals surface area (Å²) >= 11 is 0.